The first-order valence-corrected chi connectivity index (χ1v) is 6.48. The second kappa shape index (κ2) is 5.94. The number of Topliss-reactive ketones (excluding diaryl/α,β-unsaturated/α-hetero) is 1. The maximum absolute atomic E-state index is 11.9. The number of aromatic amines is 1. The first kappa shape index (κ1) is 13.7. The Bertz CT molecular complexity index is 585. The largest absolute Gasteiger partial charge is 0.325 e. The number of nitrogens with one attached hydrogen (secondary N) is 2. The molecule has 0 bridgehead atoms. The summed E-state index contributed by atoms with van der Waals surface area (Å²) in [6.45, 7) is 0. The van der Waals surface area contributed by atoms with Crippen molar-refractivity contribution < 1.29 is 9.59 Å². The molecule has 2 aromatic rings. The van der Waals surface area contributed by atoms with Crippen molar-refractivity contribution in [2.45, 2.75) is 4.83 Å². The van der Waals surface area contributed by atoms with Crippen LogP contribution in [0.4, 0.5) is 5.69 Å². The van der Waals surface area contributed by atoms with Crippen molar-refractivity contribution in [3.63, 3.8) is 0 Å². The van der Waals surface area contributed by atoms with Crippen molar-refractivity contribution in [3.05, 3.63) is 41.2 Å². The van der Waals surface area contributed by atoms with Crippen molar-refractivity contribution in [1.82, 2.24) is 15.4 Å². The first-order valence-electron chi connectivity index (χ1n) is 5.18. The number of alkyl halides is 1. The van der Waals surface area contributed by atoms with Gasteiger partial charge in [0.15, 0.2) is 4.83 Å². The van der Waals surface area contributed by atoms with Gasteiger partial charge in [0.1, 0.15) is 5.69 Å². The third kappa shape index (κ3) is 3.39. The number of hydrogen-bond acceptors (Lipinski definition) is 4. The summed E-state index contributed by atoms with van der Waals surface area (Å²) < 4.78 is 0. The van der Waals surface area contributed by atoms with E-state index in [1.54, 1.807) is 24.3 Å². The monoisotopic (exact) mass is 342 g/mol. The van der Waals surface area contributed by atoms with Gasteiger partial charge in [-0.05, 0) is 24.3 Å². The summed E-state index contributed by atoms with van der Waals surface area (Å²) >= 11 is 8.77. The fourth-order valence-electron chi connectivity index (χ4n) is 1.31. The van der Waals surface area contributed by atoms with Gasteiger partial charge in [-0.15, -0.1) is 0 Å². The minimum absolute atomic E-state index is 0.0909. The highest BCUT2D eigenvalue weighted by Crippen LogP contribution is 2.15. The van der Waals surface area contributed by atoms with Crippen LogP contribution in [0.3, 0.4) is 0 Å². The molecule has 0 aliphatic heterocycles. The maximum atomic E-state index is 11.9. The number of nitrogens with zero attached hydrogens (tertiary/aromatic N) is 2. The molecule has 98 valence electrons. The lowest BCUT2D eigenvalue weighted by molar-refractivity contribution is -0.114. The zero-order chi connectivity index (χ0) is 13.8. The van der Waals surface area contributed by atoms with Crippen molar-refractivity contribution >= 4 is 44.9 Å². The summed E-state index contributed by atoms with van der Waals surface area (Å²) in [7, 11) is 0. The quantitative estimate of drug-likeness (QED) is 0.505. The summed E-state index contributed by atoms with van der Waals surface area (Å²) in [4.78, 5) is 22.7. The fourth-order valence-corrected chi connectivity index (χ4v) is 1.78. The zero-order valence-corrected chi connectivity index (χ0v) is 11.8. The Morgan fingerprint density at radius 3 is 2.58 bits per heavy atom. The average molecular weight is 344 g/mol. The molecule has 6 nitrogen and oxygen atoms in total. The van der Waals surface area contributed by atoms with Crippen LogP contribution in [0.25, 0.3) is 0 Å². The van der Waals surface area contributed by atoms with E-state index in [4.69, 9.17) is 11.6 Å². The standard InChI is InChI=1S/C11H8BrClN4O2/c12-9(10(18)8-5-14-17-16-8)11(19)15-7-3-1-6(13)2-4-7/h1-5,9H,(H,15,19)(H,14,16,17). The summed E-state index contributed by atoms with van der Waals surface area (Å²) in [6, 6.07) is 6.56. The van der Waals surface area contributed by atoms with E-state index in [0.717, 1.165) is 0 Å². The zero-order valence-electron chi connectivity index (χ0n) is 9.43. The predicted octanol–water partition coefficient (Wildman–Crippen LogP) is 2.04. The van der Waals surface area contributed by atoms with Gasteiger partial charge in [-0.1, -0.05) is 27.5 Å². The van der Waals surface area contributed by atoms with Crippen molar-refractivity contribution in [2.75, 3.05) is 5.32 Å². The molecule has 0 radical (unpaired) electrons. The number of H-pyrrole nitrogens is 1. The Morgan fingerprint density at radius 2 is 2.00 bits per heavy atom. The lowest BCUT2D eigenvalue weighted by atomic mass is 10.2. The van der Waals surface area contributed by atoms with Crippen LogP contribution in [0.15, 0.2) is 30.5 Å². The topological polar surface area (TPSA) is 87.7 Å². The Labute approximate surface area is 121 Å². The highest BCUT2D eigenvalue weighted by atomic mass is 79.9. The van der Waals surface area contributed by atoms with E-state index in [9.17, 15) is 9.59 Å². The molecule has 2 N–H and O–H groups in total. The van der Waals surface area contributed by atoms with Crippen molar-refractivity contribution in [2.24, 2.45) is 0 Å². The van der Waals surface area contributed by atoms with E-state index in [0.29, 0.717) is 10.7 Å². The molecule has 1 aromatic heterocycles. The minimum atomic E-state index is -1.03. The van der Waals surface area contributed by atoms with Crippen LogP contribution in [-0.2, 0) is 4.79 Å². The van der Waals surface area contributed by atoms with Crippen LogP contribution in [0.5, 0.6) is 0 Å². The van der Waals surface area contributed by atoms with Gasteiger partial charge >= 0.3 is 0 Å². The van der Waals surface area contributed by atoms with Gasteiger partial charge in [0.2, 0.25) is 11.7 Å². The highest BCUT2D eigenvalue weighted by Gasteiger charge is 2.26. The number of carbonyl (C=O) groups excluding carboxylic acids is 2. The number of hydrogen-bond donors (Lipinski definition) is 2. The molecule has 1 unspecified atom stereocenters. The van der Waals surface area contributed by atoms with Gasteiger partial charge in [-0.2, -0.15) is 15.4 Å². The smallest absolute Gasteiger partial charge is 0.246 e. The number of carbonyl (C=O) groups is 2. The third-order valence-electron chi connectivity index (χ3n) is 2.24. The number of rotatable bonds is 4. The summed E-state index contributed by atoms with van der Waals surface area (Å²) in [5.74, 6) is -0.962. The van der Waals surface area contributed by atoms with Gasteiger partial charge in [0.25, 0.3) is 0 Å². The van der Waals surface area contributed by atoms with Crippen LogP contribution in [0.1, 0.15) is 10.5 Å². The van der Waals surface area contributed by atoms with E-state index < -0.39 is 16.5 Å². The summed E-state index contributed by atoms with van der Waals surface area (Å²) in [5.41, 5.74) is 0.639. The molecule has 1 amide bonds. The molecule has 2 rings (SSSR count). The van der Waals surface area contributed by atoms with Crippen LogP contribution >= 0.6 is 27.5 Å². The average Bonchev–Trinajstić information content (AvgIpc) is 2.93. The number of amides is 1. The summed E-state index contributed by atoms with van der Waals surface area (Å²) in [5, 5.41) is 12.6. The summed E-state index contributed by atoms with van der Waals surface area (Å²) in [6.07, 6.45) is 1.26. The minimum Gasteiger partial charge on any atom is -0.325 e. The van der Waals surface area contributed by atoms with Gasteiger partial charge in [0, 0.05) is 10.7 Å². The van der Waals surface area contributed by atoms with E-state index >= 15 is 0 Å². The molecule has 0 aliphatic carbocycles. The van der Waals surface area contributed by atoms with Crippen LogP contribution in [0.2, 0.25) is 5.02 Å². The molecule has 19 heavy (non-hydrogen) atoms. The predicted molar refractivity (Wildman–Crippen MR) is 73.5 cm³/mol. The van der Waals surface area contributed by atoms with Gasteiger partial charge in [-0.3, -0.25) is 9.59 Å². The molecule has 0 spiro atoms. The molecule has 8 heteroatoms. The lowest BCUT2D eigenvalue weighted by Crippen LogP contribution is -2.30. The molecular weight excluding hydrogens is 336 g/mol. The molecule has 1 atom stereocenters. The lowest BCUT2D eigenvalue weighted by Gasteiger charge is -2.08. The number of ketones is 1. The first-order chi connectivity index (χ1) is 9.08. The van der Waals surface area contributed by atoms with Crippen LogP contribution < -0.4 is 5.32 Å². The Hall–Kier alpha value is -1.73. The number of anilines is 1. The highest BCUT2D eigenvalue weighted by molar-refractivity contribution is 9.10. The molecular formula is C11H8BrClN4O2. The van der Waals surface area contributed by atoms with Crippen LogP contribution in [-0.4, -0.2) is 31.9 Å². The fraction of sp³-hybridized carbons (Fsp3) is 0.0909. The van der Waals surface area contributed by atoms with Gasteiger partial charge in [0.05, 0.1) is 6.20 Å². The molecule has 1 heterocycles. The molecule has 0 aliphatic rings. The molecule has 0 saturated carbocycles. The molecule has 0 fully saturated rings. The van der Waals surface area contributed by atoms with E-state index in [1.807, 2.05) is 0 Å². The van der Waals surface area contributed by atoms with E-state index in [1.165, 1.54) is 6.20 Å². The number of benzene rings is 1. The second-order valence-electron chi connectivity index (χ2n) is 3.58. The Kier molecular flexibility index (Phi) is 4.28. The molecule has 1 aromatic carbocycles. The molecule has 0 saturated heterocycles. The van der Waals surface area contributed by atoms with Gasteiger partial charge < -0.3 is 5.32 Å². The maximum Gasteiger partial charge on any atom is 0.246 e. The third-order valence-corrected chi connectivity index (χ3v) is 3.32. The SMILES string of the molecule is O=C(Nc1ccc(Cl)cc1)C(Br)C(=O)c1cn[nH]n1. The van der Waals surface area contributed by atoms with Crippen LogP contribution in [0, 0.1) is 0 Å². The van der Waals surface area contributed by atoms with Crippen molar-refractivity contribution in [1.29, 1.82) is 0 Å². The van der Waals surface area contributed by atoms with E-state index in [2.05, 4.69) is 36.7 Å². The van der Waals surface area contributed by atoms with Gasteiger partial charge in [-0.25, -0.2) is 0 Å². The number of halogens is 2. The second-order valence-corrected chi connectivity index (χ2v) is 4.93. The van der Waals surface area contributed by atoms with E-state index in [-0.39, 0.29) is 5.69 Å². The normalized spacial score (nSPS) is 11.9. The van der Waals surface area contributed by atoms with Crippen molar-refractivity contribution in [3.8, 4) is 0 Å². The Morgan fingerprint density at radius 1 is 1.32 bits per heavy atom. The Balaban J connectivity index is 2.03. The number of aromatic nitrogens is 3.